The molecule has 3 rings (SSSR count). The molecule has 28 heavy (non-hydrogen) atoms. The number of rotatable bonds is 5. The van der Waals surface area contributed by atoms with Crippen molar-refractivity contribution in [2.24, 2.45) is 5.10 Å². The lowest BCUT2D eigenvalue weighted by atomic mass is 10.1. The van der Waals surface area contributed by atoms with Gasteiger partial charge in [-0.1, -0.05) is 41.9 Å². The summed E-state index contributed by atoms with van der Waals surface area (Å²) in [7, 11) is 0. The molecule has 140 valence electrons. The van der Waals surface area contributed by atoms with E-state index >= 15 is 0 Å². The van der Waals surface area contributed by atoms with Gasteiger partial charge in [-0.25, -0.2) is 5.43 Å². The molecule has 0 aliphatic carbocycles. The van der Waals surface area contributed by atoms with E-state index in [9.17, 15) is 14.7 Å². The van der Waals surface area contributed by atoms with Gasteiger partial charge in [-0.05, 0) is 42.5 Å². The van der Waals surface area contributed by atoms with E-state index in [2.05, 4.69) is 15.8 Å². The van der Waals surface area contributed by atoms with Gasteiger partial charge in [-0.3, -0.25) is 9.59 Å². The van der Waals surface area contributed by atoms with Gasteiger partial charge in [-0.15, -0.1) is 0 Å². The first kappa shape index (κ1) is 19.1. The van der Waals surface area contributed by atoms with Crippen LogP contribution in [0.3, 0.4) is 0 Å². The minimum atomic E-state index is -0.458. The number of amides is 2. The number of hydrazone groups is 1. The number of halogens is 1. The summed E-state index contributed by atoms with van der Waals surface area (Å²) >= 11 is 6.03. The summed E-state index contributed by atoms with van der Waals surface area (Å²) < 4.78 is 0. The van der Waals surface area contributed by atoms with Gasteiger partial charge in [0.2, 0.25) is 0 Å². The first-order chi connectivity index (χ1) is 13.5. The van der Waals surface area contributed by atoms with Crippen LogP contribution in [0.25, 0.3) is 0 Å². The van der Waals surface area contributed by atoms with E-state index in [4.69, 9.17) is 11.6 Å². The molecule has 3 aromatic rings. The number of hydrogen-bond donors (Lipinski definition) is 3. The first-order valence-electron chi connectivity index (χ1n) is 8.32. The zero-order valence-corrected chi connectivity index (χ0v) is 15.4. The molecule has 2 amide bonds. The fourth-order valence-electron chi connectivity index (χ4n) is 2.40. The zero-order valence-electron chi connectivity index (χ0n) is 14.6. The molecular formula is C21H16ClN3O3. The van der Waals surface area contributed by atoms with Gasteiger partial charge < -0.3 is 10.4 Å². The average molecular weight is 394 g/mol. The molecule has 0 bridgehead atoms. The van der Waals surface area contributed by atoms with E-state index in [1.165, 1.54) is 18.3 Å². The minimum Gasteiger partial charge on any atom is -0.507 e. The smallest absolute Gasteiger partial charge is 0.271 e. The second kappa shape index (κ2) is 8.83. The highest BCUT2D eigenvalue weighted by molar-refractivity contribution is 6.34. The third-order valence-electron chi connectivity index (χ3n) is 3.81. The molecule has 0 aromatic heterocycles. The SMILES string of the molecule is O=C(NN=Cc1ccccc1O)c1cccc(NC(=O)c2ccccc2Cl)c1. The molecule has 0 saturated carbocycles. The van der Waals surface area contributed by atoms with E-state index < -0.39 is 5.91 Å². The lowest BCUT2D eigenvalue weighted by Crippen LogP contribution is -2.18. The lowest BCUT2D eigenvalue weighted by molar-refractivity contribution is 0.0953. The summed E-state index contributed by atoms with van der Waals surface area (Å²) in [6.45, 7) is 0. The third kappa shape index (κ3) is 4.75. The highest BCUT2D eigenvalue weighted by Crippen LogP contribution is 2.18. The van der Waals surface area contributed by atoms with Gasteiger partial charge >= 0.3 is 0 Å². The predicted molar refractivity (Wildman–Crippen MR) is 109 cm³/mol. The monoisotopic (exact) mass is 393 g/mol. The Kier molecular flexibility index (Phi) is 6.04. The number of para-hydroxylation sites is 1. The first-order valence-corrected chi connectivity index (χ1v) is 8.70. The van der Waals surface area contributed by atoms with Gasteiger partial charge in [0.05, 0.1) is 16.8 Å². The van der Waals surface area contributed by atoms with Crippen molar-refractivity contribution in [1.82, 2.24) is 5.43 Å². The number of nitrogens with zero attached hydrogens (tertiary/aromatic N) is 1. The second-order valence-corrected chi connectivity index (χ2v) is 6.18. The Morgan fingerprint density at radius 3 is 2.46 bits per heavy atom. The Morgan fingerprint density at radius 1 is 0.929 bits per heavy atom. The molecule has 0 fully saturated rings. The number of carbonyl (C=O) groups is 2. The van der Waals surface area contributed by atoms with Crippen molar-refractivity contribution in [3.8, 4) is 5.75 Å². The maximum absolute atomic E-state index is 12.3. The Labute approximate surface area is 166 Å². The fraction of sp³-hybridized carbons (Fsp3) is 0. The molecule has 0 unspecified atom stereocenters. The highest BCUT2D eigenvalue weighted by atomic mass is 35.5. The van der Waals surface area contributed by atoms with Crippen molar-refractivity contribution in [1.29, 1.82) is 0 Å². The average Bonchev–Trinajstić information content (AvgIpc) is 2.70. The predicted octanol–water partition coefficient (Wildman–Crippen LogP) is 4.06. The zero-order chi connectivity index (χ0) is 19.9. The van der Waals surface area contributed by atoms with Crippen molar-refractivity contribution in [2.75, 3.05) is 5.32 Å². The number of benzene rings is 3. The molecule has 0 saturated heterocycles. The standard InChI is InChI=1S/C21H16ClN3O3/c22-18-10-3-2-9-17(18)21(28)24-16-8-5-7-14(12-16)20(27)25-23-13-15-6-1-4-11-19(15)26/h1-13,26H,(H,24,28)(H,25,27). The van der Waals surface area contributed by atoms with Gasteiger partial charge in [-0.2, -0.15) is 5.10 Å². The van der Waals surface area contributed by atoms with E-state index in [-0.39, 0.29) is 11.7 Å². The van der Waals surface area contributed by atoms with Gasteiger partial charge in [0.1, 0.15) is 5.75 Å². The summed E-state index contributed by atoms with van der Waals surface area (Å²) in [6.07, 6.45) is 1.34. The van der Waals surface area contributed by atoms with Crippen molar-refractivity contribution < 1.29 is 14.7 Å². The minimum absolute atomic E-state index is 0.0600. The molecule has 7 heteroatoms. The van der Waals surface area contributed by atoms with Crippen LogP contribution >= 0.6 is 11.6 Å². The Balaban J connectivity index is 1.67. The molecular weight excluding hydrogens is 378 g/mol. The summed E-state index contributed by atoms with van der Waals surface area (Å²) in [5.74, 6) is -0.772. The molecule has 0 aliphatic heterocycles. The Hall–Kier alpha value is -3.64. The topological polar surface area (TPSA) is 90.8 Å². The molecule has 3 N–H and O–H groups in total. The molecule has 0 spiro atoms. The van der Waals surface area contributed by atoms with Crippen LogP contribution in [0, 0.1) is 0 Å². The van der Waals surface area contributed by atoms with Crippen LogP contribution in [0.5, 0.6) is 5.75 Å². The summed E-state index contributed by atoms with van der Waals surface area (Å²) in [4.78, 5) is 24.6. The van der Waals surface area contributed by atoms with Crippen LogP contribution in [0.1, 0.15) is 26.3 Å². The summed E-state index contributed by atoms with van der Waals surface area (Å²) in [6, 6.07) is 19.7. The quantitative estimate of drug-likeness (QED) is 0.451. The Bertz CT molecular complexity index is 1050. The van der Waals surface area contributed by atoms with Crippen LogP contribution in [-0.2, 0) is 0 Å². The van der Waals surface area contributed by atoms with Crippen molar-refractivity contribution >= 4 is 35.3 Å². The van der Waals surface area contributed by atoms with E-state index in [0.29, 0.717) is 27.4 Å². The summed E-state index contributed by atoms with van der Waals surface area (Å²) in [5.41, 5.74) is 3.95. The van der Waals surface area contributed by atoms with Crippen LogP contribution < -0.4 is 10.7 Å². The maximum Gasteiger partial charge on any atom is 0.271 e. The molecule has 3 aromatic carbocycles. The largest absolute Gasteiger partial charge is 0.507 e. The van der Waals surface area contributed by atoms with Gasteiger partial charge in [0, 0.05) is 16.8 Å². The van der Waals surface area contributed by atoms with Crippen molar-refractivity contribution in [3.63, 3.8) is 0 Å². The van der Waals surface area contributed by atoms with Crippen LogP contribution in [0.4, 0.5) is 5.69 Å². The molecule has 6 nitrogen and oxygen atoms in total. The maximum atomic E-state index is 12.3. The molecule has 0 atom stereocenters. The molecule has 0 radical (unpaired) electrons. The van der Waals surface area contributed by atoms with Crippen LogP contribution in [-0.4, -0.2) is 23.1 Å². The fourth-order valence-corrected chi connectivity index (χ4v) is 2.63. The van der Waals surface area contributed by atoms with E-state index in [0.717, 1.165) is 0 Å². The van der Waals surface area contributed by atoms with Gasteiger partial charge in [0.25, 0.3) is 11.8 Å². The Morgan fingerprint density at radius 2 is 1.68 bits per heavy atom. The summed E-state index contributed by atoms with van der Waals surface area (Å²) in [5, 5.41) is 16.6. The van der Waals surface area contributed by atoms with Gasteiger partial charge in [0.15, 0.2) is 0 Å². The highest BCUT2D eigenvalue weighted by Gasteiger charge is 2.11. The number of phenols is 1. The number of aromatic hydroxyl groups is 1. The lowest BCUT2D eigenvalue weighted by Gasteiger charge is -2.08. The van der Waals surface area contributed by atoms with E-state index in [1.54, 1.807) is 60.7 Å². The van der Waals surface area contributed by atoms with Crippen molar-refractivity contribution in [2.45, 2.75) is 0 Å². The normalized spacial score (nSPS) is 10.6. The third-order valence-corrected chi connectivity index (χ3v) is 4.14. The number of nitrogens with one attached hydrogen (secondary N) is 2. The second-order valence-electron chi connectivity index (χ2n) is 5.77. The molecule has 0 aliphatic rings. The van der Waals surface area contributed by atoms with Crippen LogP contribution in [0.2, 0.25) is 5.02 Å². The van der Waals surface area contributed by atoms with Crippen LogP contribution in [0.15, 0.2) is 77.9 Å². The molecule has 0 heterocycles. The number of phenolic OH excluding ortho intramolecular Hbond substituents is 1. The number of hydrogen-bond acceptors (Lipinski definition) is 4. The van der Waals surface area contributed by atoms with E-state index in [1.807, 2.05) is 0 Å². The number of anilines is 1. The van der Waals surface area contributed by atoms with Crippen molar-refractivity contribution in [3.05, 3.63) is 94.5 Å². The number of carbonyl (C=O) groups excluding carboxylic acids is 2.